The molecule has 2 heteroatoms. The fourth-order valence-electron chi connectivity index (χ4n) is 1.48. The summed E-state index contributed by atoms with van der Waals surface area (Å²) in [6.45, 7) is 2.10. The summed E-state index contributed by atoms with van der Waals surface area (Å²) >= 11 is 5.34. The Kier molecular flexibility index (Phi) is 2.12. The number of halogens is 1. The Morgan fingerprint density at radius 1 is 1.56 bits per heavy atom. The fourth-order valence-corrected chi connectivity index (χ4v) is 1.81. The van der Waals surface area contributed by atoms with Crippen molar-refractivity contribution in [2.45, 2.75) is 26.2 Å². The van der Waals surface area contributed by atoms with E-state index < -0.39 is 0 Å². The second kappa shape index (κ2) is 2.70. The summed E-state index contributed by atoms with van der Waals surface area (Å²) in [5.41, 5.74) is 0. The summed E-state index contributed by atoms with van der Waals surface area (Å²) < 4.78 is 0. The van der Waals surface area contributed by atoms with Crippen LogP contribution >= 0.6 is 11.6 Å². The lowest BCUT2D eigenvalue weighted by Crippen LogP contribution is -2.10. The van der Waals surface area contributed by atoms with Crippen LogP contribution in [0.5, 0.6) is 0 Å². The van der Waals surface area contributed by atoms with Crippen LogP contribution in [-0.4, -0.2) is 5.24 Å². The molecule has 2 unspecified atom stereocenters. The average Bonchev–Trinajstić information content (AvgIpc) is 2.13. The molecule has 52 valence electrons. The van der Waals surface area contributed by atoms with E-state index in [2.05, 4.69) is 6.92 Å². The van der Waals surface area contributed by atoms with E-state index in [-0.39, 0.29) is 11.2 Å². The van der Waals surface area contributed by atoms with Crippen molar-refractivity contribution in [3.8, 4) is 0 Å². The lowest BCUT2D eigenvalue weighted by molar-refractivity contribution is -0.115. The van der Waals surface area contributed by atoms with Crippen molar-refractivity contribution in [3.05, 3.63) is 0 Å². The Balaban J connectivity index is 2.49. The highest BCUT2D eigenvalue weighted by atomic mass is 35.5. The molecular weight excluding hydrogens is 136 g/mol. The summed E-state index contributed by atoms with van der Waals surface area (Å²) in [5.74, 6) is 0.682. The third kappa shape index (κ3) is 1.45. The maximum absolute atomic E-state index is 10.6. The molecule has 1 saturated carbocycles. The van der Waals surface area contributed by atoms with Crippen LogP contribution in [0.15, 0.2) is 0 Å². The minimum atomic E-state index is -0.139. The van der Waals surface area contributed by atoms with Gasteiger partial charge >= 0.3 is 0 Å². The average molecular weight is 147 g/mol. The molecule has 1 rings (SSSR count). The molecule has 9 heavy (non-hydrogen) atoms. The van der Waals surface area contributed by atoms with Gasteiger partial charge in [-0.05, 0) is 30.4 Å². The molecule has 0 amide bonds. The van der Waals surface area contributed by atoms with Crippen molar-refractivity contribution in [1.29, 1.82) is 0 Å². The van der Waals surface area contributed by atoms with E-state index in [1.54, 1.807) is 0 Å². The van der Waals surface area contributed by atoms with Crippen molar-refractivity contribution in [1.82, 2.24) is 0 Å². The molecule has 0 aromatic heterocycles. The molecule has 0 aliphatic heterocycles. The second-order valence-corrected chi connectivity index (χ2v) is 3.19. The molecule has 0 radical (unpaired) electrons. The molecule has 0 N–H and O–H groups in total. The maximum atomic E-state index is 10.6. The first kappa shape index (κ1) is 7.07. The van der Waals surface area contributed by atoms with Gasteiger partial charge in [-0.1, -0.05) is 13.3 Å². The highest BCUT2D eigenvalue weighted by Crippen LogP contribution is 2.32. The highest BCUT2D eigenvalue weighted by molar-refractivity contribution is 6.64. The van der Waals surface area contributed by atoms with Gasteiger partial charge in [-0.25, -0.2) is 0 Å². The van der Waals surface area contributed by atoms with Crippen molar-refractivity contribution in [2.24, 2.45) is 11.8 Å². The number of rotatable bonds is 1. The predicted octanol–water partition coefficient (Wildman–Crippen LogP) is 2.19. The van der Waals surface area contributed by atoms with Crippen molar-refractivity contribution in [2.75, 3.05) is 0 Å². The van der Waals surface area contributed by atoms with Gasteiger partial charge in [0.25, 0.3) is 0 Å². The van der Waals surface area contributed by atoms with E-state index in [4.69, 9.17) is 11.6 Å². The van der Waals surface area contributed by atoms with Crippen LogP contribution < -0.4 is 0 Å². The van der Waals surface area contributed by atoms with Gasteiger partial charge in [0.2, 0.25) is 5.24 Å². The van der Waals surface area contributed by atoms with E-state index in [0.29, 0.717) is 5.92 Å². The quantitative estimate of drug-likeness (QED) is 0.519. The first-order valence-electron chi connectivity index (χ1n) is 3.41. The first-order chi connectivity index (χ1) is 4.22. The normalized spacial score (nSPS) is 34.9. The molecular formula is C7H11ClO. The smallest absolute Gasteiger partial charge is 0.224 e. The molecule has 1 fully saturated rings. The zero-order valence-corrected chi connectivity index (χ0v) is 6.32. The van der Waals surface area contributed by atoms with Gasteiger partial charge in [-0.2, -0.15) is 0 Å². The van der Waals surface area contributed by atoms with Crippen LogP contribution in [0.1, 0.15) is 26.2 Å². The topological polar surface area (TPSA) is 17.1 Å². The van der Waals surface area contributed by atoms with Gasteiger partial charge in [0.15, 0.2) is 0 Å². The van der Waals surface area contributed by atoms with Gasteiger partial charge in [0.05, 0.1) is 0 Å². The second-order valence-electron chi connectivity index (χ2n) is 2.82. The number of hydrogen-bond donors (Lipinski definition) is 0. The third-order valence-electron chi connectivity index (χ3n) is 2.15. The van der Waals surface area contributed by atoms with Gasteiger partial charge in [-0.3, -0.25) is 4.79 Å². The zero-order valence-electron chi connectivity index (χ0n) is 5.56. The fraction of sp³-hybridized carbons (Fsp3) is 0.857. The molecule has 1 aliphatic carbocycles. The van der Waals surface area contributed by atoms with Crippen LogP contribution in [0, 0.1) is 11.8 Å². The van der Waals surface area contributed by atoms with Crippen molar-refractivity contribution < 1.29 is 4.79 Å². The molecule has 0 saturated heterocycles. The zero-order chi connectivity index (χ0) is 6.85. The Morgan fingerprint density at radius 2 is 2.22 bits per heavy atom. The molecule has 1 aliphatic rings. The van der Waals surface area contributed by atoms with E-state index in [0.717, 1.165) is 6.42 Å². The third-order valence-corrected chi connectivity index (χ3v) is 2.43. The molecule has 1 nitrogen and oxygen atoms in total. The van der Waals surface area contributed by atoms with Crippen LogP contribution in [0.3, 0.4) is 0 Å². The maximum Gasteiger partial charge on any atom is 0.224 e. The summed E-state index contributed by atoms with van der Waals surface area (Å²) in [7, 11) is 0. The van der Waals surface area contributed by atoms with E-state index in [1.807, 2.05) is 0 Å². The molecule has 0 heterocycles. The van der Waals surface area contributed by atoms with Crippen molar-refractivity contribution in [3.63, 3.8) is 0 Å². The van der Waals surface area contributed by atoms with Gasteiger partial charge in [0.1, 0.15) is 0 Å². The standard InChI is InChI=1S/C7H11ClO/c1-5-3-2-4-6(5)7(8)9/h5-6H,2-4H2,1H3. The summed E-state index contributed by atoms with van der Waals surface area (Å²) in [6, 6.07) is 0. The Morgan fingerprint density at radius 3 is 2.44 bits per heavy atom. The number of carbonyl (C=O) groups excluding carboxylic acids is 1. The monoisotopic (exact) mass is 146 g/mol. The van der Waals surface area contributed by atoms with Crippen LogP contribution in [0.25, 0.3) is 0 Å². The minimum Gasteiger partial charge on any atom is -0.281 e. The molecule has 0 aromatic carbocycles. The summed E-state index contributed by atoms with van der Waals surface area (Å²) in [4.78, 5) is 10.6. The highest BCUT2D eigenvalue weighted by Gasteiger charge is 2.27. The minimum absolute atomic E-state index is 0.139. The predicted molar refractivity (Wildman–Crippen MR) is 37.4 cm³/mol. The van der Waals surface area contributed by atoms with Gasteiger partial charge < -0.3 is 0 Å². The lowest BCUT2D eigenvalue weighted by Gasteiger charge is -2.07. The number of hydrogen-bond acceptors (Lipinski definition) is 1. The molecule has 0 bridgehead atoms. The van der Waals surface area contributed by atoms with Gasteiger partial charge in [-0.15, -0.1) is 0 Å². The lowest BCUT2D eigenvalue weighted by atomic mass is 10.0. The first-order valence-corrected chi connectivity index (χ1v) is 3.79. The molecule has 2 atom stereocenters. The summed E-state index contributed by atoms with van der Waals surface area (Å²) in [6.07, 6.45) is 3.34. The van der Waals surface area contributed by atoms with E-state index >= 15 is 0 Å². The Labute approximate surface area is 60.4 Å². The SMILES string of the molecule is CC1CCCC1C(=O)Cl. The Hall–Kier alpha value is -0.0400. The van der Waals surface area contributed by atoms with E-state index in [1.165, 1.54) is 12.8 Å². The molecule has 0 spiro atoms. The summed E-state index contributed by atoms with van der Waals surface area (Å²) in [5, 5.41) is -0.139. The molecule has 0 aromatic rings. The van der Waals surface area contributed by atoms with Crippen LogP contribution in [0.4, 0.5) is 0 Å². The van der Waals surface area contributed by atoms with E-state index in [9.17, 15) is 4.79 Å². The van der Waals surface area contributed by atoms with Crippen LogP contribution in [-0.2, 0) is 4.79 Å². The van der Waals surface area contributed by atoms with Crippen LogP contribution in [0.2, 0.25) is 0 Å². The number of carbonyl (C=O) groups is 1. The van der Waals surface area contributed by atoms with Gasteiger partial charge in [0, 0.05) is 5.92 Å². The largest absolute Gasteiger partial charge is 0.281 e. The van der Waals surface area contributed by atoms with Crippen molar-refractivity contribution >= 4 is 16.8 Å². The Bertz CT molecular complexity index is 122.